The topological polar surface area (TPSA) is 47.7 Å². The van der Waals surface area contributed by atoms with Gasteiger partial charge in [0, 0.05) is 38.4 Å². The van der Waals surface area contributed by atoms with Gasteiger partial charge in [-0.3, -0.25) is 4.68 Å². The standard InChI is InChI=1S/C10H15N5/c1-14-7-5-12-10(14)9-11-4-8-15-6-2-3-13-15/h2-3,5-7,11H,4,8-9H2,1H3. The molecule has 2 aromatic heterocycles. The summed E-state index contributed by atoms with van der Waals surface area (Å²) in [5.74, 6) is 1.05. The van der Waals surface area contributed by atoms with Crippen molar-refractivity contribution in [2.75, 3.05) is 6.54 Å². The van der Waals surface area contributed by atoms with Crippen molar-refractivity contribution in [2.45, 2.75) is 13.1 Å². The minimum Gasteiger partial charge on any atom is -0.337 e. The molecule has 1 N–H and O–H groups in total. The molecule has 5 heteroatoms. The average Bonchev–Trinajstić information content (AvgIpc) is 2.85. The van der Waals surface area contributed by atoms with Gasteiger partial charge in [-0.2, -0.15) is 5.10 Å². The van der Waals surface area contributed by atoms with E-state index in [1.165, 1.54) is 0 Å². The lowest BCUT2D eigenvalue weighted by molar-refractivity contribution is 0.542. The Morgan fingerprint density at radius 2 is 2.27 bits per heavy atom. The lowest BCUT2D eigenvalue weighted by Gasteiger charge is -2.04. The Kier molecular flexibility index (Phi) is 3.14. The number of aryl methyl sites for hydroxylation is 1. The third-order valence-corrected chi connectivity index (χ3v) is 2.28. The minimum absolute atomic E-state index is 0.796. The van der Waals surface area contributed by atoms with E-state index in [9.17, 15) is 0 Å². The van der Waals surface area contributed by atoms with E-state index in [0.717, 1.165) is 25.5 Å². The molecule has 0 aliphatic rings. The van der Waals surface area contributed by atoms with Crippen LogP contribution in [0.4, 0.5) is 0 Å². The Hall–Kier alpha value is -1.62. The van der Waals surface area contributed by atoms with Crippen LogP contribution in [0, 0.1) is 0 Å². The minimum atomic E-state index is 0.796. The van der Waals surface area contributed by atoms with Gasteiger partial charge in [-0.05, 0) is 6.07 Å². The van der Waals surface area contributed by atoms with Crippen LogP contribution in [-0.2, 0) is 20.1 Å². The molecule has 0 saturated carbocycles. The van der Waals surface area contributed by atoms with Crippen molar-refractivity contribution in [1.82, 2.24) is 24.6 Å². The Bertz CT molecular complexity index is 390. The monoisotopic (exact) mass is 205 g/mol. The first-order valence-corrected chi connectivity index (χ1v) is 5.00. The fourth-order valence-electron chi connectivity index (χ4n) is 1.39. The highest BCUT2D eigenvalue weighted by Gasteiger charge is 1.97. The van der Waals surface area contributed by atoms with Crippen LogP contribution in [-0.4, -0.2) is 25.9 Å². The van der Waals surface area contributed by atoms with Crippen LogP contribution >= 0.6 is 0 Å². The van der Waals surface area contributed by atoms with Crippen molar-refractivity contribution in [2.24, 2.45) is 7.05 Å². The van der Waals surface area contributed by atoms with Gasteiger partial charge in [-0.1, -0.05) is 0 Å². The molecule has 80 valence electrons. The summed E-state index contributed by atoms with van der Waals surface area (Å²) in [5.41, 5.74) is 0. The van der Waals surface area contributed by atoms with Crippen molar-refractivity contribution >= 4 is 0 Å². The molecule has 0 atom stereocenters. The maximum atomic E-state index is 4.23. The van der Waals surface area contributed by atoms with Crippen LogP contribution in [0.15, 0.2) is 30.9 Å². The van der Waals surface area contributed by atoms with E-state index in [4.69, 9.17) is 0 Å². The van der Waals surface area contributed by atoms with Crippen molar-refractivity contribution < 1.29 is 0 Å². The fourth-order valence-corrected chi connectivity index (χ4v) is 1.39. The fraction of sp³-hybridized carbons (Fsp3) is 0.400. The summed E-state index contributed by atoms with van der Waals surface area (Å²) in [6.07, 6.45) is 7.51. The van der Waals surface area contributed by atoms with Crippen molar-refractivity contribution in [3.8, 4) is 0 Å². The van der Waals surface area contributed by atoms with Crippen LogP contribution in [0.25, 0.3) is 0 Å². The molecule has 0 unspecified atom stereocenters. The summed E-state index contributed by atoms with van der Waals surface area (Å²) in [5, 5.41) is 7.45. The number of nitrogens with one attached hydrogen (secondary N) is 1. The van der Waals surface area contributed by atoms with Gasteiger partial charge in [0.2, 0.25) is 0 Å². The van der Waals surface area contributed by atoms with Gasteiger partial charge < -0.3 is 9.88 Å². The molecule has 0 aromatic carbocycles. The highest BCUT2D eigenvalue weighted by molar-refractivity contribution is 4.90. The predicted octanol–water partition coefficient (Wildman–Crippen LogP) is 0.406. The molecular weight excluding hydrogens is 190 g/mol. The predicted molar refractivity (Wildman–Crippen MR) is 57.1 cm³/mol. The highest BCUT2D eigenvalue weighted by Crippen LogP contribution is 1.92. The number of nitrogens with zero attached hydrogens (tertiary/aromatic N) is 4. The van der Waals surface area contributed by atoms with Gasteiger partial charge in [0.1, 0.15) is 5.82 Å². The van der Waals surface area contributed by atoms with Gasteiger partial charge in [-0.15, -0.1) is 0 Å². The SMILES string of the molecule is Cn1ccnc1CNCCn1cccn1. The summed E-state index contributed by atoms with van der Waals surface area (Å²) in [7, 11) is 2.00. The van der Waals surface area contributed by atoms with Gasteiger partial charge in [0.25, 0.3) is 0 Å². The molecule has 0 aliphatic heterocycles. The van der Waals surface area contributed by atoms with E-state index in [2.05, 4.69) is 15.4 Å². The maximum Gasteiger partial charge on any atom is 0.122 e. The van der Waals surface area contributed by atoms with Gasteiger partial charge >= 0.3 is 0 Å². The summed E-state index contributed by atoms with van der Waals surface area (Å²) in [6, 6.07) is 1.93. The normalized spacial score (nSPS) is 10.7. The van der Waals surface area contributed by atoms with Crippen molar-refractivity contribution in [1.29, 1.82) is 0 Å². The molecule has 2 aromatic rings. The molecule has 0 aliphatic carbocycles. The second-order valence-corrected chi connectivity index (χ2v) is 3.40. The van der Waals surface area contributed by atoms with E-state index >= 15 is 0 Å². The first kappa shape index (κ1) is 9.92. The number of hydrogen-bond acceptors (Lipinski definition) is 3. The average molecular weight is 205 g/mol. The van der Waals surface area contributed by atoms with Crippen LogP contribution in [0.5, 0.6) is 0 Å². The van der Waals surface area contributed by atoms with Crippen LogP contribution in [0.1, 0.15) is 5.82 Å². The smallest absolute Gasteiger partial charge is 0.122 e. The Morgan fingerprint density at radius 3 is 2.93 bits per heavy atom. The summed E-state index contributed by atoms with van der Waals surface area (Å²) in [6.45, 7) is 2.58. The van der Waals surface area contributed by atoms with Crippen LogP contribution in [0.3, 0.4) is 0 Å². The van der Waals surface area contributed by atoms with E-state index in [1.54, 1.807) is 6.20 Å². The van der Waals surface area contributed by atoms with E-state index in [1.807, 2.05) is 41.0 Å². The van der Waals surface area contributed by atoms with Crippen molar-refractivity contribution in [3.05, 3.63) is 36.7 Å². The maximum absolute atomic E-state index is 4.23. The molecule has 15 heavy (non-hydrogen) atoms. The van der Waals surface area contributed by atoms with E-state index in [0.29, 0.717) is 0 Å². The lowest BCUT2D eigenvalue weighted by Crippen LogP contribution is -2.21. The Labute approximate surface area is 88.7 Å². The summed E-state index contributed by atoms with van der Waals surface area (Å²) >= 11 is 0. The summed E-state index contributed by atoms with van der Waals surface area (Å²) < 4.78 is 3.92. The molecule has 2 rings (SSSR count). The van der Waals surface area contributed by atoms with Crippen LogP contribution in [0.2, 0.25) is 0 Å². The molecule has 0 radical (unpaired) electrons. The molecule has 0 fully saturated rings. The highest BCUT2D eigenvalue weighted by atomic mass is 15.3. The van der Waals surface area contributed by atoms with Gasteiger partial charge in [0.15, 0.2) is 0 Å². The molecule has 0 bridgehead atoms. The molecule has 0 saturated heterocycles. The number of imidazole rings is 1. The molecule has 0 amide bonds. The first-order valence-electron chi connectivity index (χ1n) is 5.00. The van der Waals surface area contributed by atoms with Gasteiger partial charge in [-0.25, -0.2) is 4.98 Å². The largest absolute Gasteiger partial charge is 0.337 e. The third-order valence-electron chi connectivity index (χ3n) is 2.28. The Morgan fingerprint density at radius 1 is 1.33 bits per heavy atom. The van der Waals surface area contributed by atoms with Crippen LogP contribution < -0.4 is 5.32 Å². The molecule has 5 nitrogen and oxygen atoms in total. The lowest BCUT2D eigenvalue weighted by atomic mass is 10.5. The third kappa shape index (κ3) is 2.66. The van der Waals surface area contributed by atoms with Crippen molar-refractivity contribution in [3.63, 3.8) is 0 Å². The second kappa shape index (κ2) is 4.75. The molecule has 2 heterocycles. The number of hydrogen-bond donors (Lipinski definition) is 1. The summed E-state index contributed by atoms with van der Waals surface area (Å²) in [4.78, 5) is 4.23. The first-order chi connectivity index (χ1) is 7.36. The number of rotatable bonds is 5. The van der Waals surface area contributed by atoms with E-state index in [-0.39, 0.29) is 0 Å². The second-order valence-electron chi connectivity index (χ2n) is 3.40. The quantitative estimate of drug-likeness (QED) is 0.719. The van der Waals surface area contributed by atoms with E-state index < -0.39 is 0 Å². The molecule has 0 spiro atoms. The zero-order chi connectivity index (χ0) is 10.5. The zero-order valence-electron chi connectivity index (χ0n) is 8.80. The van der Waals surface area contributed by atoms with Gasteiger partial charge in [0.05, 0.1) is 13.1 Å². The zero-order valence-corrected chi connectivity index (χ0v) is 8.80. The molecular formula is C10H15N5. The number of aromatic nitrogens is 4. The Balaban J connectivity index is 1.70.